The molecule has 1 nitrogen and oxygen atoms in total. The van der Waals surface area contributed by atoms with Gasteiger partial charge in [-0.15, -0.1) is 25.7 Å². The Morgan fingerprint density at radius 3 is 0.576 bits per heavy atom. The lowest BCUT2D eigenvalue weighted by molar-refractivity contribution is 0.824. The average molecular weight is 423 g/mol. The summed E-state index contributed by atoms with van der Waals surface area (Å²) >= 11 is 0. The van der Waals surface area contributed by atoms with Gasteiger partial charge in [0.25, 0.3) is 0 Å². The van der Waals surface area contributed by atoms with E-state index in [0.29, 0.717) is 0 Å². The zero-order chi connectivity index (χ0) is 22.8. The summed E-state index contributed by atoms with van der Waals surface area (Å²) < 4.78 is 0. The molecule has 0 aliphatic heterocycles. The number of rotatable bonds is 2. The smallest absolute Gasteiger partial charge is 0.0243 e. The molecule has 4 aromatic carbocycles. The molecule has 0 radical (unpaired) electrons. The van der Waals surface area contributed by atoms with Crippen molar-refractivity contribution >= 4 is 0 Å². The summed E-state index contributed by atoms with van der Waals surface area (Å²) in [7, 11) is 0. The highest BCUT2D eigenvalue weighted by molar-refractivity contribution is 5.66. The van der Waals surface area contributed by atoms with Crippen molar-refractivity contribution in [3.63, 3.8) is 0 Å². The monoisotopic (exact) mass is 422 g/mol. The predicted octanol–water partition coefficient (Wildman–Crippen LogP) is 5.81. The summed E-state index contributed by atoms with van der Waals surface area (Å²) in [6.45, 7) is 0. The number of hydrogen-bond acceptors (Lipinski definition) is 0. The van der Waals surface area contributed by atoms with Gasteiger partial charge >= 0.3 is 0 Å². The molecule has 0 amide bonds. The second-order valence-corrected chi connectivity index (χ2v) is 6.89. The standard InChI is InChI=1S/2C16H10.H2O/c2*1-3-13-5-9-15(10-6-13)16-11-7-14(4-2)8-12-16;/h2*1-2,5-12H;1H2. The molecular weight excluding hydrogens is 400 g/mol. The van der Waals surface area contributed by atoms with Gasteiger partial charge < -0.3 is 5.48 Å². The molecule has 0 fully saturated rings. The minimum Gasteiger partial charge on any atom is -0.412 e. The van der Waals surface area contributed by atoms with Gasteiger partial charge in [0.2, 0.25) is 0 Å². The van der Waals surface area contributed by atoms with Gasteiger partial charge in [-0.1, -0.05) is 72.2 Å². The van der Waals surface area contributed by atoms with Crippen molar-refractivity contribution in [1.29, 1.82) is 0 Å². The van der Waals surface area contributed by atoms with Gasteiger partial charge in [0.1, 0.15) is 0 Å². The maximum absolute atomic E-state index is 5.30. The normalized spacial score (nSPS) is 8.85. The lowest BCUT2D eigenvalue weighted by Gasteiger charge is -2.01. The van der Waals surface area contributed by atoms with Crippen molar-refractivity contribution in [2.75, 3.05) is 0 Å². The Bertz CT molecular complexity index is 1120. The summed E-state index contributed by atoms with van der Waals surface area (Å²) in [6, 6.07) is 31.6. The van der Waals surface area contributed by atoms with Gasteiger partial charge in [0, 0.05) is 22.3 Å². The molecule has 0 bridgehead atoms. The number of hydrogen-bond donors (Lipinski definition) is 0. The van der Waals surface area contributed by atoms with E-state index in [1.165, 1.54) is 0 Å². The molecule has 0 aliphatic rings. The first kappa shape index (κ1) is 24.4. The summed E-state index contributed by atoms with van der Waals surface area (Å²) in [6.07, 6.45) is 21.2. The Hall–Kier alpha value is -4.92. The van der Waals surface area contributed by atoms with E-state index in [1.54, 1.807) is 0 Å². The molecule has 0 aromatic heterocycles. The fraction of sp³-hybridized carbons (Fsp3) is 0. The van der Waals surface area contributed by atoms with Crippen molar-refractivity contribution in [2.45, 2.75) is 0 Å². The summed E-state index contributed by atoms with van der Waals surface area (Å²) in [5.41, 5.74) is 8.14. The van der Waals surface area contributed by atoms with Crippen molar-refractivity contribution in [3.05, 3.63) is 119 Å². The second kappa shape index (κ2) is 12.1. The molecule has 0 aliphatic carbocycles. The summed E-state index contributed by atoms with van der Waals surface area (Å²) in [5, 5.41) is 0. The van der Waals surface area contributed by atoms with E-state index in [2.05, 4.69) is 23.7 Å². The third-order valence-corrected chi connectivity index (χ3v) is 4.87. The number of benzene rings is 4. The topological polar surface area (TPSA) is 31.5 Å². The van der Waals surface area contributed by atoms with Crippen LogP contribution in [0.25, 0.3) is 22.3 Å². The van der Waals surface area contributed by atoms with Crippen LogP contribution in [0.3, 0.4) is 0 Å². The van der Waals surface area contributed by atoms with Crippen molar-refractivity contribution < 1.29 is 5.48 Å². The van der Waals surface area contributed by atoms with Crippen LogP contribution in [0.4, 0.5) is 0 Å². The third-order valence-electron chi connectivity index (χ3n) is 4.87. The average Bonchev–Trinajstić information content (AvgIpc) is 2.89. The third kappa shape index (κ3) is 6.53. The lowest BCUT2D eigenvalue weighted by atomic mass is 10.0. The van der Waals surface area contributed by atoms with Crippen LogP contribution >= 0.6 is 0 Å². The van der Waals surface area contributed by atoms with E-state index < -0.39 is 0 Å². The zero-order valence-corrected chi connectivity index (χ0v) is 18.0. The first-order chi connectivity index (χ1) is 15.7. The van der Waals surface area contributed by atoms with E-state index in [9.17, 15) is 0 Å². The molecule has 156 valence electrons. The van der Waals surface area contributed by atoms with E-state index in [4.69, 9.17) is 25.7 Å². The van der Waals surface area contributed by atoms with Crippen LogP contribution in [0.1, 0.15) is 22.3 Å². The highest BCUT2D eigenvalue weighted by Crippen LogP contribution is 2.21. The molecule has 4 rings (SSSR count). The lowest BCUT2D eigenvalue weighted by Crippen LogP contribution is -1.80. The molecule has 0 saturated heterocycles. The minimum atomic E-state index is 0. The first-order valence-electron chi connectivity index (χ1n) is 9.94. The van der Waals surface area contributed by atoms with Gasteiger partial charge in [-0.05, 0) is 70.8 Å². The largest absolute Gasteiger partial charge is 0.412 e. The van der Waals surface area contributed by atoms with E-state index in [-0.39, 0.29) is 5.48 Å². The SMILES string of the molecule is C#Cc1ccc(-c2ccc(C#C)cc2)cc1.C#Cc1ccc(-c2ccc(C#C)cc2)cc1.O. The first-order valence-corrected chi connectivity index (χ1v) is 9.94. The highest BCUT2D eigenvalue weighted by Gasteiger charge is 1.98. The molecule has 4 aromatic rings. The van der Waals surface area contributed by atoms with E-state index >= 15 is 0 Å². The van der Waals surface area contributed by atoms with Gasteiger partial charge in [-0.2, -0.15) is 0 Å². The fourth-order valence-corrected chi connectivity index (χ4v) is 3.04. The molecule has 1 heteroatoms. The Kier molecular flexibility index (Phi) is 8.90. The minimum absolute atomic E-state index is 0. The molecular formula is C32H22O. The predicted molar refractivity (Wildman–Crippen MR) is 139 cm³/mol. The quantitative estimate of drug-likeness (QED) is 0.365. The summed E-state index contributed by atoms with van der Waals surface area (Å²) in [5.74, 6) is 10.4. The van der Waals surface area contributed by atoms with Crippen LogP contribution in [0.2, 0.25) is 0 Å². The van der Waals surface area contributed by atoms with Crippen LogP contribution in [-0.2, 0) is 0 Å². The zero-order valence-electron chi connectivity index (χ0n) is 18.0. The molecule has 2 N–H and O–H groups in total. The van der Waals surface area contributed by atoms with Crippen LogP contribution in [0.15, 0.2) is 97.1 Å². The van der Waals surface area contributed by atoms with Crippen molar-refractivity contribution in [3.8, 4) is 71.6 Å². The van der Waals surface area contributed by atoms with Crippen LogP contribution in [0, 0.1) is 49.4 Å². The Morgan fingerprint density at radius 2 is 0.455 bits per heavy atom. The Morgan fingerprint density at radius 1 is 0.303 bits per heavy atom. The van der Waals surface area contributed by atoms with Crippen LogP contribution in [0.5, 0.6) is 0 Å². The molecule has 0 saturated carbocycles. The molecule has 0 unspecified atom stereocenters. The second-order valence-electron chi connectivity index (χ2n) is 6.89. The molecule has 0 spiro atoms. The summed E-state index contributed by atoms with van der Waals surface area (Å²) in [4.78, 5) is 0. The van der Waals surface area contributed by atoms with E-state index in [0.717, 1.165) is 44.5 Å². The van der Waals surface area contributed by atoms with Crippen LogP contribution < -0.4 is 0 Å². The maximum atomic E-state index is 5.30. The fourth-order valence-electron chi connectivity index (χ4n) is 3.04. The highest BCUT2D eigenvalue weighted by atomic mass is 16.0. The molecule has 0 atom stereocenters. The van der Waals surface area contributed by atoms with Crippen molar-refractivity contribution in [2.24, 2.45) is 0 Å². The Balaban J connectivity index is 0.000000227. The van der Waals surface area contributed by atoms with Crippen molar-refractivity contribution in [1.82, 2.24) is 0 Å². The molecule has 0 heterocycles. The van der Waals surface area contributed by atoms with Gasteiger partial charge in [0.15, 0.2) is 0 Å². The van der Waals surface area contributed by atoms with E-state index in [1.807, 2.05) is 97.1 Å². The van der Waals surface area contributed by atoms with Gasteiger partial charge in [-0.25, -0.2) is 0 Å². The molecule has 33 heavy (non-hydrogen) atoms. The Labute approximate surface area is 196 Å². The number of terminal acetylenes is 4. The van der Waals surface area contributed by atoms with Gasteiger partial charge in [-0.3, -0.25) is 0 Å². The van der Waals surface area contributed by atoms with Crippen LogP contribution in [-0.4, -0.2) is 5.48 Å². The maximum Gasteiger partial charge on any atom is 0.0243 e. The van der Waals surface area contributed by atoms with Gasteiger partial charge in [0.05, 0.1) is 0 Å².